The normalized spacial score (nSPS) is 24.7. The van der Waals surface area contributed by atoms with E-state index in [0.29, 0.717) is 30.9 Å². The van der Waals surface area contributed by atoms with Gasteiger partial charge < -0.3 is 15.2 Å². The molecule has 5 heteroatoms. The van der Waals surface area contributed by atoms with Crippen molar-refractivity contribution in [3.63, 3.8) is 0 Å². The molecule has 1 saturated carbocycles. The minimum Gasteiger partial charge on any atom is -0.480 e. The first-order valence-electron chi connectivity index (χ1n) is 7.60. The van der Waals surface area contributed by atoms with Gasteiger partial charge in [-0.3, -0.25) is 4.79 Å². The summed E-state index contributed by atoms with van der Waals surface area (Å²) in [5, 5.41) is 12.3. The van der Waals surface area contributed by atoms with Crippen LogP contribution in [0.5, 0.6) is 0 Å². The van der Waals surface area contributed by atoms with Crippen molar-refractivity contribution in [2.45, 2.75) is 44.8 Å². The number of carbonyl (C=O) groups excluding carboxylic acids is 1. The molecule has 1 aromatic carbocycles. The average Bonchev–Trinajstić information content (AvgIpc) is 2.50. The third-order valence-electron chi connectivity index (χ3n) is 4.42. The average molecular weight is 305 g/mol. The lowest BCUT2D eigenvalue weighted by molar-refractivity contribution is -0.146. The molecule has 2 rings (SSSR count). The maximum Gasteiger partial charge on any atom is 0.329 e. The number of benzene rings is 1. The van der Waals surface area contributed by atoms with E-state index in [1.807, 2.05) is 12.1 Å². The molecule has 0 spiro atoms. The Bertz CT molecular complexity index is 530. The largest absolute Gasteiger partial charge is 0.480 e. The minimum absolute atomic E-state index is 0.332. The van der Waals surface area contributed by atoms with E-state index in [0.717, 1.165) is 18.4 Å². The van der Waals surface area contributed by atoms with E-state index in [2.05, 4.69) is 12.2 Å². The van der Waals surface area contributed by atoms with Crippen LogP contribution in [0.15, 0.2) is 24.3 Å². The molecule has 1 aromatic rings. The molecule has 0 saturated heterocycles. The fraction of sp³-hybridized carbons (Fsp3) is 0.529. The Morgan fingerprint density at radius 3 is 2.36 bits per heavy atom. The van der Waals surface area contributed by atoms with E-state index < -0.39 is 11.5 Å². The molecular formula is C17H23NO4. The number of methoxy groups -OCH3 is 1. The third kappa shape index (κ3) is 3.65. The molecule has 2 N–H and O–H groups in total. The summed E-state index contributed by atoms with van der Waals surface area (Å²) < 4.78 is 5.03. The Balaban J connectivity index is 2.09. The van der Waals surface area contributed by atoms with Gasteiger partial charge in [-0.15, -0.1) is 0 Å². The first kappa shape index (κ1) is 16.5. The topological polar surface area (TPSA) is 75.6 Å². The minimum atomic E-state index is -1.13. The van der Waals surface area contributed by atoms with Gasteiger partial charge in [0.25, 0.3) is 5.91 Å². The van der Waals surface area contributed by atoms with Crippen LogP contribution in [0, 0.1) is 5.92 Å². The second-order valence-electron chi connectivity index (χ2n) is 6.15. The maximum absolute atomic E-state index is 12.4. The Labute approximate surface area is 130 Å². The number of carbonyl (C=O) groups is 2. The van der Waals surface area contributed by atoms with Crippen LogP contribution in [0.3, 0.4) is 0 Å². The molecule has 0 aromatic heterocycles. The second kappa shape index (κ2) is 6.92. The van der Waals surface area contributed by atoms with Gasteiger partial charge in [0.15, 0.2) is 0 Å². The standard InChI is InChI=1S/C17H23NO4/c1-12-7-9-17(10-8-12,16(20)21)18-15(19)14-5-3-13(4-6-14)11-22-2/h3-6,12H,7-11H2,1-2H3,(H,18,19)(H,20,21). The van der Waals surface area contributed by atoms with Gasteiger partial charge in [0, 0.05) is 12.7 Å². The summed E-state index contributed by atoms with van der Waals surface area (Å²) >= 11 is 0. The van der Waals surface area contributed by atoms with Crippen molar-refractivity contribution < 1.29 is 19.4 Å². The van der Waals surface area contributed by atoms with E-state index in [1.54, 1.807) is 19.2 Å². The molecule has 5 nitrogen and oxygen atoms in total. The summed E-state index contributed by atoms with van der Waals surface area (Å²) in [6.07, 6.45) is 2.60. The number of carboxylic acids is 1. The van der Waals surface area contributed by atoms with Crippen LogP contribution in [-0.2, 0) is 16.1 Å². The van der Waals surface area contributed by atoms with Crippen molar-refractivity contribution in [2.24, 2.45) is 5.92 Å². The van der Waals surface area contributed by atoms with Crippen LogP contribution in [0.2, 0.25) is 0 Å². The van der Waals surface area contributed by atoms with Gasteiger partial charge >= 0.3 is 5.97 Å². The summed E-state index contributed by atoms with van der Waals surface area (Å²) in [7, 11) is 1.61. The van der Waals surface area contributed by atoms with E-state index in [1.165, 1.54) is 0 Å². The van der Waals surface area contributed by atoms with Crippen molar-refractivity contribution in [3.8, 4) is 0 Å². The molecule has 0 radical (unpaired) electrons. The van der Waals surface area contributed by atoms with Crippen LogP contribution in [0.4, 0.5) is 0 Å². The predicted molar refractivity (Wildman–Crippen MR) is 82.6 cm³/mol. The number of carboxylic acid groups (broad SMARTS) is 1. The summed E-state index contributed by atoms with van der Waals surface area (Å²) in [4.78, 5) is 24.0. The lowest BCUT2D eigenvalue weighted by Gasteiger charge is -2.36. The molecule has 0 heterocycles. The molecule has 120 valence electrons. The van der Waals surface area contributed by atoms with E-state index >= 15 is 0 Å². The van der Waals surface area contributed by atoms with Crippen LogP contribution in [-0.4, -0.2) is 29.6 Å². The lowest BCUT2D eigenvalue weighted by Crippen LogP contribution is -2.56. The number of hydrogen-bond donors (Lipinski definition) is 2. The summed E-state index contributed by atoms with van der Waals surface area (Å²) in [5.74, 6) is -0.762. The van der Waals surface area contributed by atoms with Crippen LogP contribution in [0.1, 0.15) is 48.5 Å². The Morgan fingerprint density at radius 2 is 1.86 bits per heavy atom. The van der Waals surface area contributed by atoms with Crippen molar-refractivity contribution in [1.82, 2.24) is 5.32 Å². The first-order chi connectivity index (χ1) is 10.5. The number of hydrogen-bond acceptors (Lipinski definition) is 3. The zero-order chi connectivity index (χ0) is 16.2. The fourth-order valence-corrected chi connectivity index (χ4v) is 2.86. The van der Waals surface area contributed by atoms with Crippen LogP contribution in [0.25, 0.3) is 0 Å². The quantitative estimate of drug-likeness (QED) is 0.876. The van der Waals surface area contributed by atoms with Crippen molar-refractivity contribution >= 4 is 11.9 Å². The molecule has 0 aliphatic heterocycles. The predicted octanol–water partition coefficient (Wildman–Crippen LogP) is 2.60. The Hall–Kier alpha value is -1.88. The van der Waals surface area contributed by atoms with E-state index in [4.69, 9.17) is 4.74 Å². The van der Waals surface area contributed by atoms with Crippen molar-refractivity contribution in [2.75, 3.05) is 7.11 Å². The Morgan fingerprint density at radius 1 is 1.27 bits per heavy atom. The van der Waals surface area contributed by atoms with Gasteiger partial charge in [-0.2, -0.15) is 0 Å². The zero-order valence-electron chi connectivity index (χ0n) is 13.1. The molecule has 1 aliphatic carbocycles. The number of amides is 1. The number of ether oxygens (including phenoxy) is 1. The summed E-state index contributed by atoms with van der Waals surface area (Å²) in [6, 6.07) is 7.03. The number of rotatable bonds is 5. The molecule has 1 amide bonds. The van der Waals surface area contributed by atoms with Crippen LogP contribution >= 0.6 is 0 Å². The Kier molecular flexibility index (Phi) is 5.19. The smallest absolute Gasteiger partial charge is 0.329 e. The fourth-order valence-electron chi connectivity index (χ4n) is 2.86. The summed E-state index contributed by atoms with van der Waals surface area (Å²) in [6.45, 7) is 2.60. The molecular weight excluding hydrogens is 282 g/mol. The monoisotopic (exact) mass is 305 g/mol. The van der Waals surface area contributed by atoms with E-state index in [9.17, 15) is 14.7 Å². The van der Waals surface area contributed by atoms with E-state index in [-0.39, 0.29) is 5.91 Å². The van der Waals surface area contributed by atoms with Crippen molar-refractivity contribution in [1.29, 1.82) is 0 Å². The summed E-state index contributed by atoms with van der Waals surface area (Å²) in [5.41, 5.74) is 0.312. The highest BCUT2D eigenvalue weighted by atomic mass is 16.5. The van der Waals surface area contributed by atoms with Crippen LogP contribution < -0.4 is 5.32 Å². The molecule has 0 bridgehead atoms. The maximum atomic E-state index is 12.4. The first-order valence-corrected chi connectivity index (χ1v) is 7.60. The van der Waals surface area contributed by atoms with Crippen molar-refractivity contribution in [3.05, 3.63) is 35.4 Å². The number of aliphatic carboxylic acids is 1. The SMILES string of the molecule is COCc1ccc(C(=O)NC2(C(=O)O)CCC(C)CC2)cc1. The highest BCUT2D eigenvalue weighted by molar-refractivity contribution is 5.97. The highest BCUT2D eigenvalue weighted by Gasteiger charge is 2.42. The zero-order valence-corrected chi connectivity index (χ0v) is 13.1. The third-order valence-corrected chi connectivity index (χ3v) is 4.42. The molecule has 0 atom stereocenters. The van der Waals surface area contributed by atoms with Gasteiger partial charge in [-0.1, -0.05) is 19.1 Å². The van der Waals surface area contributed by atoms with Gasteiger partial charge in [0.2, 0.25) is 0 Å². The molecule has 22 heavy (non-hydrogen) atoms. The molecule has 1 aliphatic rings. The second-order valence-corrected chi connectivity index (χ2v) is 6.15. The van der Waals surface area contributed by atoms with Gasteiger partial charge in [0.1, 0.15) is 5.54 Å². The number of nitrogens with one attached hydrogen (secondary N) is 1. The molecule has 0 unspecified atom stereocenters. The lowest BCUT2D eigenvalue weighted by atomic mass is 9.77. The van der Waals surface area contributed by atoms with Gasteiger partial charge in [-0.05, 0) is 49.3 Å². The highest BCUT2D eigenvalue weighted by Crippen LogP contribution is 2.32. The molecule has 1 fully saturated rings. The van der Waals surface area contributed by atoms with Gasteiger partial charge in [0.05, 0.1) is 6.61 Å². The van der Waals surface area contributed by atoms with Gasteiger partial charge in [-0.25, -0.2) is 4.79 Å².